The van der Waals surface area contributed by atoms with E-state index in [0.29, 0.717) is 12.5 Å². The maximum Gasteiger partial charge on any atom is 0.119 e. The van der Waals surface area contributed by atoms with E-state index < -0.39 is 0 Å². The summed E-state index contributed by atoms with van der Waals surface area (Å²) in [5.74, 6) is 1.44. The van der Waals surface area contributed by atoms with Crippen molar-refractivity contribution in [3.8, 4) is 5.75 Å². The molecule has 19 heavy (non-hydrogen) atoms. The minimum absolute atomic E-state index is 0.109. The minimum Gasteiger partial charge on any atom is -0.494 e. The van der Waals surface area contributed by atoms with Crippen molar-refractivity contribution in [1.82, 2.24) is 5.32 Å². The van der Waals surface area contributed by atoms with Crippen LogP contribution in [0.1, 0.15) is 44.2 Å². The zero-order valence-corrected chi connectivity index (χ0v) is 12.8. The highest BCUT2D eigenvalue weighted by Crippen LogP contribution is 2.23. The van der Waals surface area contributed by atoms with Gasteiger partial charge in [0.15, 0.2) is 0 Å². The predicted molar refractivity (Wildman–Crippen MR) is 79.9 cm³/mol. The van der Waals surface area contributed by atoms with Gasteiger partial charge in [-0.2, -0.15) is 0 Å². The van der Waals surface area contributed by atoms with E-state index in [-0.39, 0.29) is 12.1 Å². The van der Waals surface area contributed by atoms with Crippen molar-refractivity contribution in [2.75, 3.05) is 20.3 Å². The van der Waals surface area contributed by atoms with Gasteiger partial charge in [-0.3, -0.25) is 0 Å². The summed E-state index contributed by atoms with van der Waals surface area (Å²) in [6.07, 6.45) is 0.769. The van der Waals surface area contributed by atoms with Crippen LogP contribution in [0.5, 0.6) is 5.75 Å². The van der Waals surface area contributed by atoms with E-state index in [2.05, 4.69) is 38.2 Å². The molecule has 1 unspecified atom stereocenters. The molecule has 3 nitrogen and oxygen atoms in total. The van der Waals surface area contributed by atoms with Gasteiger partial charge in [0, 0.05) is 12.0 Å². The third-order valence-electron chi connectivity index (χ3n) is 3.74. The van der Waals surface area contributed by atoms with Crippen LogP contribution in [0.4, 0.5) is 0 Å². The highest BCUT2D eigenvalue weighted by atomic mass is 16.5. The number of aliphatic hydroxyl groups is 1. The summed E-state index contributed by atoms with van der Waals surface area (Å²) >= 11 is 0. The molecule has 0 aliphatic rings. The second kappa shape index (κ2) is 6.92. The first kappa shape index (κ1) is 16.0. The third kappa shape index (κ3) is 4.51. The van der Waals surface area contributed by atoms with Crippen molar-refractivity contribution < 1.29 is 9.84 Å². The van der Waals surface area contributed by atoms with Gasteiger partial charge in [-0.25, -0.2) is 0 Å². The fourth-order valence-electron chi connectivity index (χ4n) is 2.06. The summed E-state index contributed by atoms with van der Waals surface area (Å²) in [7, 11) is 1.86. The average Bonchev–Trinajstić information content (AvgIpc) is 2.38. The van der Waals surface area contributed by atoms with Crippen LogP contribution in [-0.2, 0) is 0 Å². The molecule has 0 saturated carbocycles. The van der Waals surface area contributed by atoms with Crippen LogP contribution in [0.2, 0.25) is 0 Å². The predicted octanol–water partition coefficient (Wildman–Crippen LogP) is 2.86. The number of hydrogen-bond acceptors (Lipinski definition) is 3. The quantitative estimate of drug-likeness (QED) is 0.796. The summed E-state index contributed by atoms with van der Waals surface area (Å²) < 4.78 is 5.77. The van der Waals surface area contributed by atoms with Crippen molar-refractivity contribution in [2.24, 2.45) is 0 Å². The van der Waals surface area contributed by atoms with Crippen LogP contribution >= 0.6 is 0 Å². The van der Waals surface area contributed by atoms with Crippen LogP contribution in [0.3, 0.4) is 0 Å². The van der Waals surface area contributed by atoms with Crippen molar-refractivity contribution in [2.45, 2.75) is 45.6 Å². The third-order valence-corrected chi connectivity index (χ3v) is 3.74. The van der Waals surface area contributed by atoms with Gasteiger partial charge >= 0.3 is 0 Å². The molecule has 1 aromatic carbocycles. The second-order valence-electron chi connectivity index (χ2n) is 5.74. The van der Waals surface area contributed by atoms with Crippen LogP contribution in [0.25, 0.3) is 0 Å². The van der Waals surface area contributed by atoms with Crippen molar-refractivity contribution in [3.05, 3.63) is 29.3 Å². The maximum atomic E-state index is 9.31. The zero-order valence-electron chi connectivity index (χ0n) is 12.8. The molecule has 1 aromatic rings. The lowest BCUT2D eigenvalue weighted by atomic mass is 9.98. The van der Waals surface area contributed by atoms with E-state index in [1.807, 2.05) is 20.0 Å². The Morgan fingerprint density at radius 1 is 1.37 bits per heavy atom. The Morgan fingerprint density at radius 2 is 2.05 bits per heavy atom. The molecule has 0 aromatic heterocycles. The molecule has 0 saturated heterocycles. The molecule has 0 amide bonds. The van der Waals surface area contributed by atoms with Crippen LogP contribution in [-0.4, -0.2) is 30.9 Å². The lowest BCUT2D eigenvalue weighted by Crippen LogP contribution is -2.44. The Hall–Kier alpha value is -1.06. The number of ether oxygens (including phenoxy) is 1. The smallest absolute Gasteiger partial charge is 0.119 e. The molecule has 1 rings (SSSR count). The number of benzene rings is 1. The summed E-state index contributed by atoms with van der Waals surface area (Å²) in [6.45, 7) is 9.21. The van der Waals surface area contributed by atoms with Gasteiger partial charge in [0.25, 0.3) is 0 Å². The normalized spacial score (nSPS) is 14.5. The second-order valence-corrected chi connectivity index (χ2v) is 5.74. The van der Waals surface area contributed by atoms with Crippen molar-refractivity contribution in [1.29, 1.82) is 0 Å². The molecule has 0 radical (unpaired) electrons. The Morgan fingerprint density at radius 3 is 2.53 bits per heavy atom. The van der Waals surface area contributed by atoms with Gasteiger partial charge in [-0.1, -0.05) is 19.9 Å². The van der Waals surface area contributed by atoms with Gasteiger partial charge in [-0.05, 0) is 50.1 Å². The summed E-state index contributed by atoms with van der Waals surface area (Å²) in [5.41, 5.74) is 2.36. The maximum absolute atomic E-state index is 9.31. The number of nitrogens with one attached hydrogen (secondary N) is 1. The van der Waals surface area contributed by atoms with Gasteiger partial charge in [0.1, 0.15) is 5.75 Å². The molecule has 0 heterocycles. The molecular formula is C16H27NO2. The monoisotopic (exact) mass is 265 g/mol. The molecule has 108 valence electrons. The number of rotatable bonds is 7. The van der Waals surface area contributed by atoms with E-state index in [1.165, 1.54) is 11.1 Å². The Bertz CT molecular complexity index is 398. The van der Waals surface area contributed by atoms with Gasteiger partial charge in [0.05, 0.1) is 13.2 Å². The number of aryl methyl sites for hydroxylation is 1. The SMILES string of the molecule is CNC(C)(CO)CCOc1ccc(C(C)C)c(C)c1. The fourth-order valence-corrected chi connectivity index (χ4v) is 2.06. The highest BCUT2D eigenvalue weighted by Gasteiger charge is 2.20. The molecule has 3 heteroatoms. The molecule has 0 bridgehead atoms. The zero-order chi connectivity index (χ0) is 14.5. The molecule has 0 aliphatic heterocycles. The summed E-state index contributed by atoms with van der Waals surface area (Å²) in [5, 5.41) is 12.4. The van der Waals surface area contributed by atoms with E-state index >= 15 is 0 Å². The topological polar surface area (TPSA) is 41.5 Å². The number of aliphatic hydroxyl groups excluding tert-OH is 1. The standard InChI is InChI=1S/C16H27NO2/c1-12(2)15-7-6-14(10-13(15)3)19-9-8-16(4,11-18)17-5/h6-7,10,12,17-18H,8-9,11H2,1-5H3. The van der Waals surface area contributed by atoms with Gasteiger partial charge in [-0.15, -0.1) is 0 Å². The fraction of sp³-hybridized carbons (Fsp3) is 0.625. The molecule has 0 fully saturated rings. The van der Waals surface area contributed by atoms with E-state index in [0.717, 1.165) is 12.2 Å². The van der Waals surface area contributed by atoms with Crippen LogP contribution in [0.15, 0.2) is 18.2 Å². The Kier molecular flexibility index (Phi) is 5.83. The van der Waals surface area contributed by atoms with E-state index in [9.17, 15) is 5.11 Å². The first-order valence-electron chi connectivity index (χ1n) is 6.95. The number of likely N-dealkylation sites (N-methyl/N-ethyl adjacent to an activating group) is 1. The van der Waals surface area contributed by atoms with Gasteiger partial charge < -0.3 is 15.2 Å². The Balaban J connectivity index is 2.57. The first-order chi connectivity index (χ1) is 8.91. The number of hydrogen-bond donors (Lipinski definition) is 2. The van der Waals surface area contributed by atoms with Gasteiger partial charge in [0.2, 0.25) is 0 Å². The van der Waals surface area contributed by atoms with Crippen molar-refractivity contribution >= 4 is 0 Å². The van der Waals surface area contributed by atoms with E-state index in [1.54, 1.807) is 0 Å². The van der Waals surface area contributed by atoms with E-state index in [4.69, 9.17) is 4.74 Å². The molecule has 0 aliphatic carbocycles. The van der Waals surface area contributed by atoms with Crippen molar-refractivity contribution in [3.63, 3.8) is 0 Å². The molecule has 0 spiro atoms. The minimum atomic E-state index is -0.271. The Labute approximate surface area is 117 Å². The lowest BCUT2D eigenvalue weighted by molar-refractivity contribution is 0.151. The largest absolute Gasteiger partial charge is 0.494 e. The van der Waals surface area contributed by atoms with Crippen LogP contribution < -0.4 is 10.1 Å². The molecule has 1 atom stereocenters. The highest BCUT2D eigenvalue weighted by molar-refractivity contribution is 5.36. The molecular weight excluding hydrogens is 238 g/mol. The average molecular weight is 265 g/mol. The first-order valence-corrected chi connectivity index (χ1v) is 6.95. The summed E-state index contributed by atoms with van der Waals surface area (Å²) in [6, 6.07) is 6.25. The lowest BCUT2D eigenvalue weighted by Gasteiger charge is -2.26. The van der Waals surface area contributed by atoms with Crippen LogP contribution in [0, 0.1) is 6.92 Å². The molecule has 2 N–H and O–H groups in total. The summed E-state index contributed by atoms with van der Waals surface area (Å²) in [4.78, 5) is 0.